The Bertz CT molecular complexity index is 1260. The minimum Gasteiger partial charge on any atom is -0.391 e. The number of aryl methyl sites for hydroxylation is 1. The highest BCUT2D eigenvalue weighted by Crippen LogP contribution is 2.43. The Hall–Kier alpha value is -1.62. The molecular formula is C32H47ClN4O4S. The number of ketones is 1. The monoisotopic (exact) mass is 618 g/mol. The van der Waals surface area contributed by atoms with Crippen molar-refractivity contribution in [3.63, 3.8) is 0 Å². The number of carbonyl (C=O) groups excluding carboxylic acids is 1. The molecule has 0 bridgehead atoms. The number of sulfonamides is 1. The Kier molecular flexibility index (Phi) is 10.3. The van der Waals surface area contributed by atoms with Crippen molar-refractivity contribution in [2.75, 3.05) is 39.3 Å². The molecule has 2 N–H and O–H groups in total. The third kappa shape index (κ3) is 7.36. The summed E-state index contributed by atoms with van der Waals surface area (Å²) in [5, 5.41) is 10.3. The highest BCUT2D eigenvalue weighted by Gasteiger charge is 2.43. The van der Waals surface area contributed by atoms with Gasteiger partial charge in [-0.05, 0) is 68.9 Å². The number of Topliss-reactive ketones (excluding diaryl/α,β-unsaturated/α-hetero) is 1. The topological polar surface area (TPSA) is 102 Å². The molecule has 2 heterocycles. The van der Waals surface area contributed by atoms with Gasteiger partial charge in [-0.15, -0.1) is 18.2 Å². The SMILES string of the molecule is C=CC1(C)CC(CN2CCN(CC(=O)C3CCCC(NS(=O)(=O)c4cccc5c4N=CCC5)CC3)CC2)CC(Cl)C1O. The van der Waals surface area contributed by atoms with Gasteiger partial charge in [-0.1, -0.05) is 31.6 Å². The Morgan fingerprint density at radius 1 is 1.19 bits per heavy atom. The summed E-state index contributed by atoms with van der Waals surface area (Å²) < 4.78 is 29.6. The first-order valence-electron chi connectivity index (χ1n) is 15.7. The number of para-hydroxylation sites is 1. The molecule has 2 aliphatic carbocycles. The zero-order valence-corrected chi connectivity index (χ0v) is 26.5. The van der Waals surface area contributed by atoms with Crippen LogP contribution in [-0.4, -0.2) is 92.1 Å². The molecule has 8 nitrogen and oxygen atoms in total. The van der Waals surface area contributed by atoms with Crippen molar-refractivity contribution in [3.8, 4) is 0 Å². The maximum Gasteiger partial charge on any atom is 0.242 e. The van der Waals surface area contributed by atoms with Crippen molar-refractivity contribution in [1.82, 2.24) is 14.5 Å². The van der Waals surface area contributed by atoms with E-state index in [0.717, 1.165) is 83.2 Å². The molecular weight excluding hydrogens is 572 g/mol. The van der Waals surface area contributed by atoms with E-state index in [4.69, 9.17) is 11.6 Å². The number of nitrogens with one attached hydrogen (secondary N) is 1. The average molecular weight is 619 g/mol. The lowest BCUT2D eigenvalue weighted by Crippen LogP contribution is -2.52. The molecule has 232 valence electrons. The van der Waals surface area contributed by atoms with Crippen molar-refractivity contribution in [2.24, 2.45) is 22.2 Å². The van der Waals surface area contributed by atoms with E-state index in [1.54, 1.807) is 18.3 Å². The van der Waals surface area contributed by atoms with Crippen LogP contribution < -0.4 is 4.72 Å². The Labute approximate surface area is 256 Å². The van der Waals surface area contributed by atoms with Gasteiger partial charge in [-0.25, -0.2) is 13.1 Å². The van der Waals surface area contributed by atoms with Crippen molar-refractivity contribution in [2.45, 2.75) is 87.1 Å². The number of hydrogen-bond acceptors (Lipinski definition) is 7. The second kappa shape index (κ2) is 13.6. The first kappa shape index (κ1) is 31.8. The third-order valence-electron chi connectivity index (χ3n) is 10.0. The zero-order chi connectivity index (χ0) is 29.9. The van der Waals surface area contributed by atoms with Crippen LogP contribution in [0, 0.1) is 17.3 Å². The fraction of sp³-hybridized carbons (Fsp3) is 0.688. The summed E-state index contributed by atoms with van der Waals surface area (Å²) >= 11 is 6.50. The number of fused-ring (bicyclic) bond motifs is 1. The zero-order valence-electron chi connectivity index (χ0n) is 24.9. The number of carbonyl (C=O) groups is 1. The van der Waals surface area contributed by atoms with Crippen molar-refractivity contribution >= 4 is 39.3 Å². The molecule has 0 aromatic heterocycles. The molecule has 1 saturated heterocycles. The Morgan fingerprint density at radius 2 is 1.95 bits per heavy atom. The quantitative estimate of drug-likeness (QED) is 0.243. The molecule has 0 spiro atoms. The average Bonchev–Trinajstić information content (AvgIpc) is 3.22. The number of benzene rings is 1. The van der Waals surface area contributed by atoms with E-state index in [1.165, 1.54) is 0 Å². The highest BCUT2D eigenvalue weighted by atomic mass is 35.5. The van der Waals surface area contributed by atoms with Crippen LogP contribution in [0.4, 0.5) is 5.69 Å². The van der Waals surface area contributed by atoms with Gasteiger partial charge in [0.15, 0.2) is 0 Å². The van der Waals surface area contributed by atoms with Crippen LogP contribution in [0.3, 0.4) is 0 Å². The highest BCUT2D eigenvalue weighted by molar-refractivity contribution is 7.89. The first-order valence-corrected chi connectivity index (χ1v) is 17.6. The van der Waals surface area contributed by atoms with Gasteiger partial charge in [0.1, 0.15) is 10.7 Å². The summed E-state index contributed by atoms with van der Waals surface area (Å²) in [6, 6.07) is 5.21. The predicted octanol–water partition coefficient (Wildman–Crippen LogP) is 4.32. The van der Waals surface area contributed by atoms with Crippen molar-refractivity contribution < 1.29 is 18.3 Å². The molecule has 6 atom stereocenters. The fourth-order valence-corrected chi connectivity index (χ4v) is 9.44. The molecule has 4 aliphatic rings. The smallest absolute Gasteiger partial charge is 0.242 e. The minimum atomic E-state index is -3.69. The molecule has 6 unspecified atom stereocenters. The van der Waals surface area contributed by atoms with E-state index >= 15 is 0 Å². The molecule has 10 heteroatoms. The van der Waals surface area contributed by atoms with Gasteiger partial charge < -0.3 is 10.0 Å². The van der Waals surface area contributed by atoms with Gasteiger partial charge in [-0.2, -0.15) is 0 Å². The molecule has 0 amide bonds. The van der Waals surface area contributed by atoms with E-state index in [1.807, 2.05) is 19.1 Å². The summed E-state index contributed by atoms with van der Waals surface area (Å²) in [5.74, 6) is 0.687. The fourth-order valence-electron chi connectivity index (χ4n) is 7.41. The summed E-state index contributed by atoms with van der Waals surface area (Å²) in [4.78, 5) is 22.7. The predicted molar refractivity (Wildman–Crippen MR) is 168 cm³/mol. The van der Waals surface area contributed by atoms with Crippen LogP contribution in [-0.2, 0) is 21.2 Å². The maximum atomic E-state index is 13.3. The summed E-state index contributed by atoms with van der Waals surface area (Å²) in [7, 11) is -3.69. The number of alkyl halides is 1. The molecule has 2 aliphatic heterocycles. The van der Waals surface area contributed by atoms with Crippen LogP contribution >= 0.6 is 11.6 Å². The Balaban J connectivity index is 1.07. The van der Waals surface area contributed by atoms with E-state index in [9.17, 15) is 18.3 Å². The number of hydrogen-bond donors (Lipinski definition) is 2. The number of aliphatic hydroxyl groups is 1. The molecule has 3 fully saturated rings. The second-order valence-corrected chi connectivity index (χ2v) is 15.4. The first-order chi connectivity index (χ1) is 20.1. The molecule has 2 saturated carbocycles. The van der Waals surface area contributed by atoms with Crippen LogP contribution in [0.25, 0.3) is 0 Å². The second-order valence-electron chi connectivity index (χ2n) is 13.2. The number of aliphatic imine (C=N–C) groups is 1. The minimum absolute atomic E-state index is 0.0162. The summed E-state index contributed by atoms with van der Waals surface area (Å²) in [6.07, 6.45) is 10.2. The van der Waals surface area contributed by atoms with Crippen molar-refractivity contribution in [3.05, 3.63) is 36.4 Å². The van der Waals surface area contributed by atoms with E-state index in [-0.39, 0.29) is 33.4 Å². The van der Waals surface area contributed by atoms with Gasteiger partial charge in [0.05, 0.1) is 23.7 Å². The van der Waals surface area contributed by atoms with E-state index in [2.05, 4.69) is 26.1 Å². The number of piperazine rings is 1. The standard InChI is InChI=1S/C32H47ClN4O4S/c1-3-32(2)20-23(19-27(33)31(32)39)21-36-15-17-37(18-16-36)22-28(38)24-7-4-10-26(13-12-24)35-42(40,41)29-11-5-8-25-9-6-14-34-30(25)29/h3,5,8,11,14,23-24,26-27,31,35,39H,1,4,6-7,9-10,12-13,15-22H2,2H3. The van der Waals surface area contributed by atoms with Gasteiger partial charge in [0.2, 0.25) is 10.0 Å². The number of halogens is 1. The van der Waals surface area contributed by atoms with Crippen molar-refractivity contribution in [1.29, 1.82) is 0 Å². The molecule has 5 rings (SSSR count). The largest absolute Gasteiger partial charge is 0.391 e. The number of rotatable bonds is 9. The van der Waals surface area contributed by atoms with Crippen LogP contribution in [0.2, 0.25) is 0 Å². The molecule has 42 heavy (non-hydrogen) atoms. The molecule has 1 aromatic carbocycles. The van der Waals surface area contributed by atoms with Gasteiger partial charge >= 0.3 is 0 Å². The maximum absolute atomic E-state index is 13.3. The lowest BCUT2D eigenvalue weighted by atomic mass is 9.68. The van der Waals surface area contributed by atoms with Crippen LogP contribution in [0.5, 0.6) is 0 Å². The van der Waals surface area contributed by atoms with Crippen LogP contribution in [0.15, 0.2) is 40.7 Å². The van der Waals surface area contributed by atoms with Gasteiger partial charge in [-0.3, -0.25) is 14.7 Å². The molecule has 1 aromatic rings. The number of nitrogens with zero attached hydrogens (tertiary/aromatic N) is 3. The summed E-state index contributed by atoms with van der Waals surface area (Å²) in [5.41, 5.74) is 1.19. The lowest BCUT2D eigenvalue weighted by Gasteiger charge is -2.45. The summed E-state index contributed by atoms with van der Waals surface area (Å²) in [6.45, 7) is 11.0. The van der Waals surface area contributed by atoms with Gasteiger partial charge in [0, 0.05) is 56.3 Å². The van der Waals surface area contributed by atoms with E-state index < -0.39 is 16.1 Å². The number of aliphatic hydroxyl groups excluding tert-OH is 1. The van der Waals surface area contributed by atoms with Gasteiger partial charge in [0.25, 0.3) is 0 Å². The Morgan fingerprint density at radius 3 is 2.71 bits per heavy atom. The normalized spacial score (nSPS) is 33.1. The van der Waals surface area contributed by atoms with E-state index in [0.29, 0.717) is 31.0 Å². The molecule has 0 radical (unpaired) electrons. The third-order valence-corrected chi connectivity index (χ3v) is 12.0. The lowest BCUT2D eigenvalue weighted by molar-refractivity contribution is -0.124. The van der Waals surface area contributed by atoms with Crippen LogP contribution in [0.1, 0.15) is 63.9 Å².